The van der Waals surface area contributed by atoms with E-state index in [9.17, 15) is 0 Å². The number of β-amino-alcohol motifs (C(OH)–C–C–N with tert-alkyl or cyclic N) is 1. The first-order valence-corrected chi connectivity index (χ1v) is 4.98. The van der Waals surface area contributed by atoms with Crippen LogP contribution in [0.3, 0.4) is 0 Å². The van der Waals surface area contributed by atoms with Crippen LogP contribution in [0.25, 0.3) is 0 Å². The molecule has 0 aromatic heterocycles. The zero-order valence-corrected chi connectivity index (χ0v) is 8.81. The second-order valence-electron chi connectivity index (χ2n) is 3.11. The predicted molar refractivity (Wildman–Crippen MR) is 56.8 cm³/mol. The van der Waals surface area contributed by atoms with Gasteiger partial charge in [-0.25, -0.2) is 0 Å². The van der Waals surface area contributed by atoms with Gasteiger partial charge in [0.05, 0.1) is 6.61 Å². The molecular formula is C8H17N3OS. The first-order valence-electron chi connectivity index (χ1n) is 4.58. The lowest BCUT2D eigenvalue weighted by molar-refractivity contribution is 0.147. The van der Waals surface area contributed by atoms with Crippen LogP contribution in [0.15, 0.2) is 0 Å². The summed E-state index contributed by atoms with van der Waals surface area (Å²) in [4.78, 5) is 4.40. The van der Waals surface area contributed by atoms with Crippen molar-refractivity contribution in [2.24, 2.45) is 0 Å². The highest BCUT2D eigenvalue weighted by Gasteiger charge is 2.17. The molecular weight excluding hydrogens is 186 g/mol. The van der Waals surface area contributed by atoms with E-state index in [1.54, 1.807) is 0 Å². The highest BCUT2D eigenvalue weighted by Crippen LogP contribution is 2.00. The average molecular weight is 203 g/mol. The van der Waals surface area contributed by atoms with Gasteiger partial charge in [-0.3, -0.25) is 4.90 Å². The summed E-state index contributed by atoms with van der Waals surface area (Å²) in [5, 5.41) is 12.5. The Labute approximate surface area is 84.5 Å². The molecule has 5 heteroatoms. The van der Waals surface area contributed by atoms with Gasteiger partial charge in [-0.2, -0.15) is 0 Å². The van der Waals surface area contributed by atoms with Crippen molar-refractivity contribution in [1.82, 2.24) is 15.1 Å². The summed E-state index contributed by atoms with van der Waals surface area (Å²) in [7, 11) is 1.85. The molecule has 0 amide bonds. The Kier molecular flexibility index (Phi) is 4.41. The SMILES string of the molecule is CNC(=S)N1CCN(CCO)CC1. The fourth-order valence-corrected chi connectivity index (χ4v) is 1.66. The summed E-state index contributed by atoms with van der Waals surface area (Å²) < 4.78 is 0. The van der Waals surface area contributed by atoms with E-state index < -0.39 is 0 Å². The highest BCUT2D eigenvalue weighted by atomic mass is 32.1. The van der Waals surface area contributed by atoms with Crippen molar-refractivity contribution < 1.29 is 5.11 Å². The van der Waals surface area contributed by atoms with Gasteiger partial charge in [-0.15, -0.1) is 0 Å². The van der Waals surface area contributed by atoms with Crippen molar-refractivity contribution >= 4 is 17.3 Å². The van der Waals surface area contributed by atoms with Crippen molar-refractivity contribution in [2.75, 3.05) is 46.4 Å². The first kappa shape index (κ1) is 10.7. The quantitative estimate of drug-likeness (QED) is 0.569. The third-order valence-corrected chi connectivity index (χ3v) is 2.75. The van der Waals surface area contributed by atoms with E-state index in [2.05, 4.69) is 15.1 Å². The molecule has 0 bridgehead atoms. The van der Waals surface area contributed by atoms with Gasteiger partial charge in [-0.1, -0.05) is 0 Å². The lowest BCUT2D eigenvalue weighted by Crippen LogP contribution is -2.51. The van der Waals surface area contributed by atoms with Crippen LogP contribution in [0.1, 0.15) is 0 Å². The Morgan fingerprint density at radius 3 is 2.46 bits per heavy atom. The van der Waals surface area contributed by atoms with E-state index in [0.29, 0.717) is 0 Å². The monoisotopic (exact) mass is 203 g/mol. The maximum absolute atomic E-state index is 8.75. The topological polar surface area (TPSA) is 38.7 Å². The summed E-state index contributed by atoms with van der Waals surface area (Å²) in [5.74, 6) is 0. The average Bonchev–Trinajstić information content (AvgIpc) is 2.18. The van der Waals surface area contributed by atoms with Crippen molar-refractivity contribution in [3.63, 3.8) is 0 Å². The Hall–Kier alpha value is -0.390. The second kappa shape index (κ2) is 5.36. The van der Waals surface area contributed by atoms with Crippen LogP contribution in [-0.2, 0) is 0 Å². The van der Waals surface area contributed by atoms with Crippen LogP contribution in [0.4, 0.5) is 0 Å². The number of hydrogen-bond acceptors (Lipinski definition) is 3. The largest absolute Gasteiger partial charge is 0.395 e. The van der Waals surface area contributed by atoms with Gasteiger partial charge < -0.3 is 15.3 Å². The van der Waals surface area contributed by atoms with Gasteiger partial charge in [0.1, 0.15) is 0 Å². The standard InChI is InChI=1S/C8H17N3OS/c1-9-8(13)11-4-2-10(3-5-11)6-7-12/h12H,2-7H2,1H3,(H,9,13). The van der Waals surface area contributed by atoms with Gasteiger partial charge in [0.15, 0.2) is 5.11 Å². The van der Waals surface area contributed by atoms with Crippen LogP contribution < -0.4 is 5.32 Å². The number of hydrogen-bond donors (Lipinski definition) is 2. The molecule has 1 rings (SSSR count). The third kappa shape index (κ3) is 3.10. The summed E-state index contributed by atoms with van der Waals surface area (Å²) in [6, 6.07) is 0. The van der Waals surface area contributed by atoms with Crippen LogP contribution in [0.2, 0.25) is 0 Å². The normalized spacial score (nSPS) is 18.8. The third-order valence-electron chi connectivity index (χ3n) is 2.29. The minimum absolute atomic E-state index is 0.247. The summed E-state index contributed by atoms with van der Waals surface area (Å²) in [5.41, 5.74) is 0. The van der Waals surface area contributed by atoms with E-state index >= 15 is 0 Å². The van der Waals surface area contributed by atoms with Gasteiger partial charge in [-0.05, 0) is 12.2 Å². The van der Waals surface area contributed by atoms with E-state index in [1.807, 2.05) is 7.05 Å². The van der Waals surface area contributed by atoms with Crippen molar-refractivity contribution in [2.45, 2.75) is 0 Å². The Morgan fingerprint density at radius 1 is 1.38 bits per heavy atom. The predicted octanol–water partition coefficient (Wildman–Crippen LogP) is -0.899. The van der Waals surface area contributed by atoms with Crippen LogP contribution >= 0.6 is 12.2 Å². The highest BCUT2D eigenvalue weighted by molar-refractivity contribution is 7.80. The van der Waals surface area contributed by atoms with Crippen LogP contribution in [0.5, 0.6) is 0 Å². The van der Waals surface area contributed by atoms with E-state index in [1.165, 1.54) is 0 Å². The zero-order valence-electron chi connectivity index (χ0n) is 7.99. The molecule has 2 N–H and O–H groups in total. The van der Waals surface area contributed by atoms with E-state index in [0.717, 1.165) is 37.8 Å². The molecule has 0 aromatic carbocycles. The molecule has 1 fully saturated rings. The molecule has 1 heterocycles. The summed E-state index contributed by atoms with van der Waals surface area (Å²) >= 11 is 5.13. The molecule has 0 unspecified atom stereocenters. The fraction of sp³-hybridized carbons (Fsp3) is 0.875. The Balaban J connectivity index is 2.26. The van der Waals surface area contributed by atoms with E-state index in [4.69, 9.17) is 17.3 Å². The molecule has 0 radical (unpaired) electrons. The maximum atomic E-state index is 8.75. The minimum atomic E-state index is 0.247. The molecule has 13 heavy (non-hydrogen) atoms. The van der Waals surface area contributed by atoms with Crippen molar-refractivity contribution in [1.29, 1.82) is 0 Å². The lowest BCUT2D eigenvalue weighted by Gasteiger charge is -2.35. The van der Waals surface area contributed by atoms with Gasteiger partial charge in [0.25, 0.3) is 0 Å². The number of nitrogens with zero attached hydrogens (tertiary/aromatic N) is 2. The molecule has 76 valence electrons. The molecule has 0 saturated carbocycles. The fourth-order valence-electron chi connectivity index (χ4n) is 1.47. The van der Waals surface area contributed by atoms with E-state index in [-0.39, 0.29) is 6.61 Å². The van der Waals surface area contributed by atoms with Crippen molar-refractivity contribution in [3.8, 4) is 0 Å². The first-order chi connectivity index (χ1) is 6.27. The maximum Gasteiger partial charge on any atom is 0.168 e. The van der Waals surface area contributed by atoms with Crippen LogP contribution in [0, 0.1) is 0 Å². The van der Waals surface area contributed by atoms with Gasteiger partial charge in [0, 0.05) is 39.8 Å². The smallest absolute Gasteiger partial charge is 0.168 e. The summed E-state index contributed by atoms with van der Waals surface area (Å²) in [6.45, 7) is 4.92. The zero-order chi connectivity index (χ0) is 9.68. The Bertz CT molecular complexity index is 169. The number of thiocarbonyl (C=S) groups is 1. The molecule has 0 atom stereocenters. The van der Waals surface area contributed by atoms with Gasteiger partial charge in [0.2, 0.25) is 0 Å². The number of piperazine rings is 1. The number of rotatable bonds is 2. The van der Waals surface area contributed by atoms with Crippen molar-refractivity contribution in [3.05, 3.63) is 0 Å². The Morgan fingerprint density at radius 2 is 2.00 bits per heavy atom. The molecule has 0 aliphatic carbocycles. The van der Waals surface area contributed by atoms with Crippen LogP contribution in [-0.4, -0.2) is 66.4 Å². The minimum Gasteiger partial charge on any atom is -0.395 e. The molecule has 4 nitrogen and oxygen atoms in total. The number of aliphatic hydroxyl groups excluding tert-OH is 1. The van der Waals surface area contributed by atoms with Gasteiger partial charge >= 0.3 is 0 Å². The molecule has 0 aromatic rings. The second-order valence-corrected chi connectivity index (χ2v) is 3.49. The summed E-state index contributed by atoms with van der Waals surface area (Å²) in [6.07, 6.45) is 0. The number of nitrogens with one attached hydrogen (secondary N) is 1. The lowest BCUT2D eigenvalue weighted by atomic mass is 10.3. The molecule has 1 aliphatic rings. The number of aliphatic hydroxyl groups is 1. The molecule has 1 aliphatic heterocycles. The molecule has 0 spiro atoms. The molecule has 1 saturated heterocycles.